The highest BCUT2D eigenvalue weighted by molar-refractivity contribution is 5.85. The van der Waals surface area contributed by atoms with Gasteiger partial charge in [0.1, 0.15) is 12.4 Å². The number of esters is 1. The Hall–Kier alpha value is -3.11. The summed E-state index contributed by atoms with van der Waals surface area (Å²) in [6.45, 7) is 0.0397. The van der Waals surface area contributed by atoms with Crippen LogP contribution in [0.1, 0.15) is 16.7 Å². The van der Waals surface area contributed by atoms with Gasteiger partial charge in [0.25, 0.3) is 0 Å². The fraction of sp³-hybridized carbons (Fsp3) is 0.136. The molecule has 26 heavy (non-hydrogen) atoms. The number of benzene rings is 3. The standard InChI is InChI=1S/C22H20O4/c1-25-20-14-8-9-17(15-20)16-26-21(23)22(24,18-10-4-2-5-11-18)19-12-6-3-7-13-19/h2-15,24H,16H2,1H3. The molecule has 0 aliphatic heterocycles. The van der Waals surface area contributed by atoms with Crippen LogP contribution in [0.3, 0.4) is 0 Å². The average molecular weight is 348 g/mol. The zero-order chi connectivity index (χ0) is 18.4. The summed E-state index contributed by atoms with van der Waals surface area (Å²) in [6, 6.07) is 24.9. The van der Waals surface area contributed by atoms with Crippen LogP contribution >= 0.6 is 0 Å². The highest BCUT2D eigenvalue weighted by atomic mass is 16.5. The van der Waals surface area contributed by atoms with E-state index in [1.165, 1.54) is 0 Å². The van der Waals surface area contributed by atoms with Crippen molar-refractivity contribution < 1.29 is 19.4 Å². The summed E-state index contributed by atoms with van der Waals surface area (Å²) in [5.41, 5.74) is -0.175. The molecule has 0 radical (unpaired) electrons. The van der Waals surface area contributed by atoms with E-state index in [0.717, 1.165) is 5.56 Å². The summed E-state index contributed by atoms with van der Waals surface area (Å²) in [7, 11) is 1.58. The first-order valence-electron chi connectivity index (χ1n) is 8.28. The van der Waals surface area contributed by atoms with Crippen molar-refractivity contribution in [1.82, 2.24) is 0 Å². The Morgan fingerprint density at radius 2 is 1.46 bits per heavy atom. The van der Waals surface area contributed by atoms with Crippen LogP contribution in [-0.2, 0) is 21.7 Å². The minimum absolute atomic E-state index is 0.0397. The van der Waals surface area contributed by atoms with Crippen molar-refractivity contribution in [2.24, 2.45) is 0 Å². The summed E-state index contributed by atoms with van der Waals surface area (Å²) in [5, 5.41) is 11.3. The quantitative estimate of drug-likeness (QED) is 0.691. The number of methoxy groups -OCH3 is 1. The van der Waals surface area contributed by atoms with Crippen molar-refractivity contribution in [3.8, 4) is 5.75 Å². The van der Waals surface area contributed by atoms with E-state index >= 15 is 0 Å². The van der Waals surface area contributed by atoms with E-state index in [9.17, 15) is 9.90 Å². The van der Waals surface area contributed by atoms with Crippen LogP contribution < -0.4 is 4.74 Å². The maximum atomic E-state index is 12.9. The summed E-state index contributed by atoms with van der Waals surface area (Å²) in [5.74, 6) is -0.0438. The highest BCUT2D eigenvalue weighted by Gasteiger charge is 2.41. The second kappa shape index (κ2) is 7.85. The molecule has 3 aromatic carbocycles. The molecule has 0 heterocycles. The summed E-state index contributed by atoms with van der Waals surface area (Å²) >= 11 is 0. The van der Waals surface area contributed by atoms with E-state index in [4.69, 9.17) is 9.47 Å². The summed E-state index contributed by atoms with van der Waals surface area (Å²) in [4.78, 5) is 12.9. The van der Waals surface area contributed by atoms with E-state index in [1.807, 2.05) is 30.3 Å². The Kier molecular flexibility index (Phi) is 5.34. The smallest absolute Gasteiger partial charge is 0.348 e. The number of ether oxygens (including phenoxy) is 2. The van der Waals surface area contributed by atoms with Crippen LogP contribution in [-0.4, -0.2) is 18.2 Å². The molecule has 1 N–H and O–H groups in total. The van der Waals surface area contributed by atoms with Gasteiger partial charge in [-0.05, 0) is 28.8 Å². The Morgan fingerprint density at radius 1 is 0.885 bits per heavy atom. The molecule has 4 nitrogen and oxygen atoms in total. The zero-order valence-electron chi connectivity index (χ0n) is 14.5. The first-order valence-corrected chi connectivity index (χ1v) is 8.28. The lowest BCUT2D eigenvalue weighted by atomic mass is 9.86. The lowest BCUT2D eigenvalue weighted by molar-refractivity contribution is -0.163. The predicted octanol–water partition coefficient (Wildman–Crippen LogP) is 3.67. The molecule has 3 aromatic rings. The van der Waals surface area contributed by atoms with E-state index in [0.29, 0.717) is 16.9 Å². The molecule has 0 aliphatic carbocycles. The second-order valence-corrected chi connectivity index (χ2v) is 5.87. The molecule has 0 saturated heterocycles. The fourth-order valence-corrected chi connectivity index (χ4v) is 2.78. The zero-order valence-corrected chi connectivity index (χ0v) is 14.5. The molecule has 0 spiro atoms. The van der Waals surface area contributed by atoms with Crippen molar-refractivity contribution in [2.45, 2.75) is 12.2 Å². The van der Waals surface area contributed by atoms with E-state index in [2.05, 4.69) is 0 Å². The molecule has 0 amide bonds. The Labute approximate surface area is 152 Å². The van der Waals surface area contributed by atoms with E-state index in [1.54, 1.807) is 61.7 Å². The molecule has 0 unspecified atom stereocenters. The van der Waals surface area contributed by atoms with Crippen LogP contribution in [0.4, 0.5) is 0 Å². The molecule has 0 fully saturated rings. The van der Waals surface area contributed by atoms with Crippen LogP contribution in [0.2, 0.25) is 0 Å². The van der Waals surface area contributed by atoms with Gasteiger partial charge in [-0.1, -0.05) is 72.8 Å². The van der Waals surface area contributed by atoms with Gasteiger partial charge in [-0.15, -0.1) is 0 Å². The van der Waals surface area contributed by atoms with Crippen molar-refractivity contribution in [2.75, 3.05) is 7.11 Å². The minimum atomic E-state index is -1.87. The Morgan fingerprint density at radius 3 is 2.00 bits per heavy atom. The van der Waals surface area contributed by atoms with Gasteiger partial charge in [-0.2, -0.15) is 0 Å². The molecule has 4 heteroatoms. The van der Waals surface area contributed by atoms with Crippen molar-refractivity contribution in [1.29, 1.82) is 0 Å². The maximum absolute atomic E-state index is 12.9. The largest absolute Gasteiger partial charge is 0.497 e. The topological polar surface area (TPSA) is 55.8 Å². The Bertz CT molecular complexity index is 820. The lowest BCUT2D eigenvalue weighted by Gasteiger charge is -2.27. The van der Waals surface area contributed by atoms with Crippen LogP contribution in [0.25, 0.3) is 0 Å². The number of hydrogen-bond donors (Lipinski definition) is 1. The molecule has 0 saturated carbocycles. The van der Waals surface area contributed by atoms with Crippen molar-refractivity contribution >= 4 is 5.97 Å². The number of carbonyl (C=O) groups is 1. The molecule has 0 aliphatic rings. The molecule has 0 aromatic heterocycles. The number of aliphatic hydroxyl groups is 1. The van der Waals surface area contributed by atoms with Gasteiger partial charge in [0.2, 0.25) is 5.60 Å². The number of hydrogen-bond acceptors (Lipinski definition) is 4. The number of carbonyl (C=O) groups excluding carboxylic acids is 1. The maximum Gasteiger partial charge on any atom is 0.348 e. The van der Waals surface area contributed by atoms with Crippen LogP contribution in [0.5, 0.6) is 5.75 Å². The summed E-state index contributed by atoms with van der Waals surface area (Å²) in [6.07, 6.45) is 0. The van der Waals surface area contributed by atoms with Crippen molar-refractivity contribution in [3.63, 3.8) is 0 Å². The second-order valence-electron chi connectivity index (χ2n) is 5.87. The predicted molar refractivity (Wildman–Crippen MR) is 98.7 cm³/mol. The first-order chi connectivity index (χ1) is 12.6. The van der Waals surface area contributed by atoms with Gasteiger partial charge in [-0.25, -0.2) is 4.79 Å². The normalized spacial score (nSPS) is 11.0. The van der Waals surface area contributed by atoms with Gasteiger partial charge in [0, 0.05) is 0 Å². The van der Waals surface area contributed by atoms with Gasteiger partial charge < -0.3 is 14.6 Å². The first kappa shape index (κ1) is 17.7. The average Bonchev–Trinajstić information content (AvgIpc) is 2.72. The third-order valence-corrected chi connectivity index (χ3v) is 4.18. The van der Waals surface area contributed by atoms with Gasteiger partial charge in [0.05, 0.1) is 7.11 Å². The van der Waals surface area contributed by atoms with Crippen LogP contribution in [0.15, 0.2) is 84.9 Å². The lowest BCUT2D eigenvalue weighted by Crippen LogP contribution is -2.38. The molecule has 0 bridgehead atoms. The molecule has 132 valence electrons. The summed E-state index contributed by atoms with van der Waals surface area (Å²) < 4.78 is 10.6. The fourth-order valence-electron chi connectivity index (χ4n) is 2.78. The molecular weight excluding hydrogens is 328 g/mol. The van der Waals surface area contributed by atoms with Gasteiger partial charge in [0.15, 0.2) is 0 Å². The monoisotopic (exact) mass is 348 g/mol. The SMILES string of the molecule is COc1cccc(COC(=O)C(O)(c2ccccc2)c2ccccc2)c1. The van der Waals surface area contributed by atoms with Crippen molar-refractivity contribution in [3.05, 3.63) is 102 Å². The molecule has 3 rings (SSSR count). The van der Waals surface area contributed by atoms with E-state index < -0.39 is 11.6 Å². The molecular formula is C22H20O4. The highest BCUT2D eigenvalue weighted by Crippen LogP contribution is 2.31. The molecule has 0 atom stereocenters. The van der Waals surface area contributed by atoms with Gasteiger partial charge >= 0.3 is 5.97 Å². The van der Waals surface area contributed by atoms with Gasteiger partial charge in [-0.3, -0.25) is 0 Å². The number of rotatable bonds is 6. The third-order valence-electron chi connectivity index (χ3n) is 4.18. The van der Waals surface area contributed by atoms with E-state index in [-0.39, 0.29) is 6.61 Å². The van der Waals surface area contributed by atoms with Crippen LogP contribution in [0, 0.1) is 0 Å². The minimum Gasteiger partial charge on any atom is -0.497 e. The Balaban J connectivity index is 1.88. The third kappa shape index (κ3) is 3.60.